The summed E-state index contributed by atoms with van der Waals surface area (Å²) in [6.07, 6.45) is 5.24. The Morgan fingerprint density at radius 3 is 2.80 bits per heavy atom. The van der Waals surface area contributed by atoms with Crippen LogP contribution in [-0.2, 0) is 4.74 Å². The van der Waals surface area contributed by atoms with Crippen molar-refractivity contribution in [2.45, 2.75) is 6.92 Å². The van der Waals surface area contributed by atoms with Gasteiger partial charge in [0, 0.05) is 5.56 Å². The molecular formula is C12H12O3. The quantitative estimate of drug-likeness (QED) is 0.556. The first kappa shape index (κ1) is 11.1. The fourth-order valence-electron chi connectivity index (χ4n) is 1.17. The van der Waals surface area contributed by atoms with E-state index in [2.05, 4.69) is 5.92 Å². The summed E-state index contributed by atoms with van der Waals surface area (Å²) >= 11 is 0. The molecule has 0 amide bonds. The Morgan fingerprint density at radius 2 is 2.27 bits per heavy atom. The van der Waals surface area contributed by atoms with Gasteiger partial charge in [-0.25, -0.2) is 4.79 Å². The molecule has 1 rings (SSSR count). The highest BCUT2D eigenvalue weighted by Crippen LogP contribution is 2.20. The molecule has 0 fully saturated rings. The van der Waals surface area contributed by atoms with Crippen LogP contribution in [0.15, 0.2) is 18.2 Å². The topological polar surface area (TPSA) is 35.5 Å². The standard InChI is InChI=1S/C12H12O3/c1-4-9-6-7-11(14-3)10(8-9)12(13)15-5-2/h1,6-8H,5H2,2-3H3. The number of hydrogen-bond donors (Lipinski definition) is 0. The second-order valence-corrected chi connectivity index (χ2v) is 2.78. The molecule has 0 saturated heterocycles. The average Bonchev–Trinajstić information content (AvgIpc) is 2.28. The minimum absolute atomic E-state index is 0.322. The first-order valence-electron chi connectivity index (χ1n) is 4.54. The second kappa shape index (κ2) is 5.06. The molecule has 0 heterocycles. The number of benzene rings is 1. The Hall–Kier alpha value is -1.95. The van der Waals surface area contributed by atoms with Crippen LogP contribution < -0.4 is 4.74 Å². The smallest absolute Gasteiger partial charge is 0.341 e. The number of esters is 1. The monoisotopic (exact) mass is 204 g/mol. The number of carbonyl (C=O) groups excluding carboxylic acids is 1. The van der Waals surface area contributed by atoms with E-state index in [1.165, 1.54) is 7.11 Å². The molecule has 15 heavy (non-hydrogen) atoms. The summed E-state index contributed by atoms with van der Waals surface area (Å²) in [7, 11) is 1.49. The average molecular weight is 204 g/mol. The summed E-state index contributed by atoms with van der Waals surface area (Å²) in [5.74, 6) is 2.49. The van der Waals surface area contributed by atoms with Crippen molar-refractivity contribution in [3.63, 3.8) is 0 Å². The van der Waals surface area contributed by atoms with Gasteiger partial charge in [-0.3, -0.25) is 0 Å². The molecule has 0 N–H and O–H groups in total. The van der Waals surface area contributed by atoms with Crippen molar-refractivity contribution in [3.05, 3.63) is 29.3 Å². The summed E-state index contributed by atoms with van der Waals surface area (Å²) in [5.41, 5.74) is 0.980. The molecule has 0 aliphatic carbocycles. The van der Waals surface area contributed by atoms with Gasteiger partial charge in [-0.2, -0.15) is 0 Å². The van der Waals surface area contributed by atoms with Crippen molar-refractivity contribution in [2.75, 3.05) is 13.7 Å². The van der Waals surface area contributed by atoms with Crippen LogP contribution in [0.2, 0.25) is 0 Å². The van der Waals surface area contributed by atoms with Gasteiger partial charge in [0.1, 0.15) is 11.3 Å². The van der Waals surface area contributed by atoms with Gasteiger partial charge in [-0.05, 0) is 25.1 Å². The minimum Gasteiger partial charge on any atom is -0.496 e. The summed E-state index contributed by atoms with van der Waals surface area (Å²) in [5, 5.41) is 0. The predicted octanol–water partition coefficient (Wildman–Crippen LogP) is 1.85. The van der Waals surface area contributed by atoms with Crippen LogP contribution in [0.3, 0.4) is 0 Å². The fraction of sp³-hybridized carbons (Fsp3) is 0.250. The van der Waals surface area contributed by atoms with E-state index in [4.69, 9.17) is 15.9 Å². The van der Waals surface area contributed by atoms with Crippen molar-refractivity contribution in [1.29, 1.82) is 0 Å². The van der Waals surface area contributed by atoms with Gasteiger partial charge >= 0.3 is 5.97 Å². The highest BCUT2D eigenvalue weighted by molar-refractivity contribution is 5.93. The molecule has 0 aliphatic rings. The molecule has 3 heteroatoms. The van der Waals surface area contributed by atoms with Gasteiger partial charge in [0.25, 0.3) is 0 Å². The molecule has 0 bridgehead atoms. The number of ether oxygens (including phenoxy) is 2. The Balaban J connectivity index is 3.12. The minimum atomic E-state index is -0.425. The lowest BCUT2D eigenvalue weighted by Gasteiger charge is -2.07. The van der Waals surface area contributed by atoms with E-state index in [9.17, 15) is 4.79 Å². The van der Waals surface area contributed by atoms with E-state index < -0.39 is 5.97 Å². The molecule has 0 aromatic heterocycles. The van der Waals surface area contributed by atoms with E-state index >= 15 is 0 Å². The first-order chi connectivity index (χ1) is 7.22. The Bertz CT molecular complexity index is 402. The van der Waals surface area contributed by atoms with E-state index in [1.807, 2.05) is 0 Å². The molecule has 0 atom stereocenters. The number of terminal acetylenes is 1. The van der Waals surface area contributed by atoms with Crippen molar-refractivity contribution >= 4 is 5.97 Å². The zero-order valence-electron chi connectivity index (χ0n) is 8.74. The summed E-state index contributed by atoms with van der Waals surface area (Å²) in [6.45, 7) is 2.07. The maximum absolute atomic E-state index is 11.5. The van der Waals surface area contributed by atoms with Crippen molar-refractivity contribution in [2.24, 2.45) is 0 Å². The molecule has 78 valence electrons. The third-order valence-electron chi connectivity index (χ3n) is 1.86. The Morgan fingerprint density at radius 1 is 1.53 bits per heavy atom. The number of hydrogen-bond acceptors (Lipinski definition) is 3. The molecule has 0 saturated carbocycles. The molecule has 0 spiro atoms. The summed E-state index contributed by atoms with van der Waals surface area (Å²) in [4.78, 5) is 11.5. The van der Waals surface area contributed by atoms with Gasteiger partial charge in [0.2, 0.25) is 0 Å². The maximum Gasteiger partial charge on any atom is 0.341 e. The van der Waals surface area contributed by atoms with Crippen LogP contribution in [0.4, 0.5) is 0 Å². The van der Waals surface area contributed by atoms with Crippen LogP contribution in [-0.4, -0.2) is 19.7 Å². The van der Waals surface area contributed by atoms with Crippen molar-refractivity contribution in [3.8, 4) is 18.1 Å². The van der Waals surface area contributed by atoms with Gasteiger partial charge in [-0.1, -0.05) is 5.92 Å². The van der Waals surface area contributed by atoms with Crippen molar-refractivity contribution in [1.82, 2.24) is 0 Å². The lowest BCUT2D eigenvalue weighted by Crippen LogP contribution is -2.07. The van der Waals surface area contributed by atoms with Crippen LogP contribution in [0.5, 0.6) is 5.75 Å². The lowest BCUT2D eigenvalue weighted by molar-refractivity contribution is 0.0522. The van der Waals surface area contributed by atoms with Crippen LogP contribution in [0, 0.1) is 12.3 Å². The van der Waals surface area contributed by atoms with E-state index in [-0.39, 0.29) is 0 Å². The number of carbonyl (C=O) groups is 1. The van der Waals surface area contributed by atoms with Crippen LogP contribution >= 0.6 is 0 Å². The Labute approximate surface area is 89.0 Å². The fourth-order valence-corrected chi connectivity index (χ4v) is 1.17. The lowest BCUT2D eigenvalue weighted by atomic mass is 10.1. The largest absolute Gasteiger partial charge is 0.496 e. The van der Waals surface area contributed by atoms with Crippen LogP contribution in [0.25, 0.3) is 0 Å². The van der Waals surface area contributed by atoms with E-state index in [1.54, 1.807) is 25.1 Å². The first-order valence-corrected chi connectivity index (χ1v) is 4.54. The number of methoxy groups -OCH3 is 1. The summed E-state index contributed by atoms with van der Waals surface area (Å²) in [6, 6.07) is 4.94. The molecule has 0 radical (unpaired) electrons. The van der Waals surface area contributed by atoms with Gasteiger partial charge < -0.3 is 9.47 Å². The normalized spacial score (nSPS) is 9.13. The van der Waals surface area contributed by atoms with E-state index in [0.29, 0.717) is 23.5 Å². The third-order valence-corrected chi connectivity index (χ3v) is 1.86. The third kappa shape index (κ3) is 2.50. The highest BCUT2D eigenvalue weighted by atomic mass is 16.5. The molecule has 0 aliphatic heterocycles. The van der Waals surface area contributed by atoms with Crippen molar-refractivity contribution < 1.29 is 14.3 Å². The SMILES string of the molecule is C#Cc1ccc(OC)c(C(=O)OCC)c1. The Kier molecular flexibility index (Phi) is 3.75. The molecule has 1 aromatic rings. The maximum atomic E-state index is 11.5. The van der Waals surface area contributed by atoms with Gasteiger partial charge in [0.05, 0.1) is 13.7 Å². The predicted molar refractivity (Wildman–Crippen MR) is 56.9 cm³/mol. The zero-order valence-corrected chi connectivity index (χ0v) is 8.74. The zero-order chi connectivity index (χ0) is 11.3. The highest BCUT2D eigenvalue weighted by Gasteiger charge is 2.13. The second-order valence-electron chi connectivity index (χ2n) is 2.78. The molecule has 3 nitrogen and oxygen atoms in total. The molecule has 0 unspecified atom stereocenters. The van der Waals surface area contributed by atoms with E-state index in [0.717, 1.165) is 0 Å². The molecule has 1 aromatic carbocycles. The summed E-state index contributed by atoms with van der Waals surface area (Å²) < 4.78 is 9.93. The van der Waals surface area contributed by atoms with Crippen LogP contribution in [0.1, 0.15) is 22.8 Å². The molecular weight excluding hydrogens is 192 g/mol. The number of rotatable bonds is 3. The van der Waals surface area contributed by atoms with Gasteiger partial charge in [-0.15, -0.1) is 6.42 Å². The van der Waals surface area contributed by atoms with Gasteiger partial charge in [0.15, 0.2) is 0 Å².